The lowest BCUT2D eigenvalue weighted by Gasteiger charge is -2.25. The van der Waals surface area contributed by atoms with Gasteiger partial charge in [-0.25, -0.2) is 14.5 Å². The minimum atomic E-state index is -1.30. The number of nitrogens with one attached hydrogen (secondary N) is 2. The van der Waals surface area contributed by atoms with Gasteiger partial charge in [0.2, 0.25) is 6.79 Å². The molecule has 0 bridgehead atoms. The van der Waals surface area contributed by atoms with Crippen LogP contribution in [0.15, 0.2) is 18.2 Å². The number of aliphatic hydroxyl groups is 1. The molecular formula is C14H17N3O5. The second kappa shape index (κ2) is 5.38. The molecule has 22 heavy (non-hydrogen) atoms. The second-order valence-corrected chi connectivity index (χ2v) is 5.38. The molecule has 1 fully saturated rings. The first-order valence-corrected chi connectivity index (χ1v) is 6.93. The smallest absolute Gasteiger partial charge is 0.325 e. The minimum absolute atomic E-state index is 0.0325. The van der Waals surface area contributed by atoms with E-state index in [2.05, 4.69) is 10.6 Å². The topological polar surface area (TPSA) is 100 Å². The van der Waals surface area contributed by atoms with Crippen molar-refractivity contribution in [2.24, 2.45) is 0 Å². The predicted molar refractivity (Wildman–Crippen MR) is 75.6 cm³/mol. The molecule has 3 rings (SSSR count). The van der Waals surface area contributed by atoms with Crippen molar-refractivity contribution in [3.8, 4) is 11.5 Å². The van der Waals surface area contributed by atoms with Gasteiger partial charge in [0.25, 0.3) is 0 Å². The van der Waals surface area contributed by atoms with Gasteiger partial charge in [-0.05, 0) is 24.6 Å². The fraction of sp³-hybridized carbons (Fsp3) is 0.429. The molecule has 4 amide bonds. The molecule has 0 spiro atoms. The normalized spacial score (nSPS) is 18.8. The number of carbonyl (C=O) groups is 2. The molecule has 2 aliphatic heterocycles. The van der Waals surface area contributed by atoms with Crippen LogP contribution >= 0.6 is 0 Å². The van der Waals surface area contributed by atoms with E-state index in [4.69, 9.17) is 9.47 Å². The number of benzene rings is 1. The average molecular weight is 307 g/mol. The lowest BCUT2D eigenvalue weighted by Crippen LogP contribution is -2.46. The largest absolute Gasteiger partial charge is 0.454 e. The fourth-order valence-electron chi connectivity index (χ4n) is 2.34. The molecule has 0 unspecified atom stereocenters. The molecule has 8 nitrogen and oxygen atoms in total. The van der Waals surface area contributed by atoms with Crippen LogP contribution in [0.25, 0.3) is 0 Å². The van der Waals surface area contributed by atoms with Crippen molar-refractivity contribution in [1.82, 2.24) is 15.5 Å². The van der Waals surface area contributed by atoms with Gasteiger partial charge in [0, 0.05) is 13.1 Å². The summed E-state index contributed by atoms with van der Waals surface area (Å²) in [5.74, 6) is 1.18. The highest BCUT2D eigenvalue weighted by Crippen LogP contribution is 2.35. The highest BCUT2D eigenvalue weighted by Gasteiger charge is 2.30. The summed E-state index contributed by atoms with van der Waals surface area (Å²) in [6.45, 7) is 2.45. The first-order chi connectivity index (χ1) is 10.5. The quantitative estimate of drug-likeness (QED) is 0.748. The van der Waals surface area contributed by atoms with Gasteiger partial charge in [-0.2, -0.15) is 0 Å². The Morgan fingerprint density at radius 2 is 2.23 bits per heavy atom. The molecule has 2 heterocycles. The highest BCUT2D eigenvalue weighted by atomic mass is 16.7. The van der Waals surface area contributed by atoms with E-state index in [0.29, 0.717) is 30.2 Å². The van der Waals surface area contributed by atoms with Crippen molar-refractivity contribution < 1.29 is 24.2 Å². The van der Waals surface area contributed by atoms with E-state index in [-0.39, 0.29) is 13.3 Å². The Labute approximate surface area is 127 Å². The summed E-state index contributed by atoms with van der Waals surface area (Å²) in [6, 6.07) is 4.14. The molecule has 1 saturated heterocycles. The highest BCUT2D eigenvalue weighted by molar-refractivity contribution is 5.94. The molecule has 1 aromatic rings. The van der Waals surface area contributed by atoms with Crippen LogP contribution in [-0.4, -0.2) is 48.5 Å². The molecular weight excluding hydrogens is 290 g/mol. The SMILES string of the molecule is C[C@](O)(CNC(=O)N1CCNC1=O)c1ccc2c(c1)OCO2. The maximum atomic E-state index is 11.9. The van der Waals surface area contributed by atoms with Crippen LogP contribution < -0.4 is 20.1 Å². The van der Waals surface area contributed by atoms with Crippen molar-refractivity contribution in [2.75, 3.05) is 26.4 Å². The molecule has 8 heteroatoms. The summed E-state index contributed by atoms with van der Waals surface area (Å²) in [4.78, 5) is 24.4. The molecule has 1 atom stereocenters. The summed E-state index contributed by atoms with van der Waals surface area (Å²) in [6.07, 6.45) is 0. The van der Waals surface area contributed by atoms with Crippen LogP contribution in [-0.2, 0) is 5.60 Å². The maximum Gasteiger partial charge on any atom is 0.325 e. The van der Waals surface area contributed by atoms with Gasteiger partial charge in [0.1, 0.15) is 5.60 Å². The lowest BCUT2D eigenvalue weighted by molar-refractivity contribution is 0.0580. The van der Waals surface area contributed by atoms with E-state index in [1.165, 1.54) is 0 Å². The molecule has 3 N–H and O–H groups in total. The van der Waals surface area contributed by atoms with Crippen LogP contribution in [0.1, 0.15) is 12.5 Å². The Balaban J connectivity index is 1.65. The van der Waals surface area contributed by atoms with Gasteiger partial charge in [-0.3, -0.25) is 0 Å². The summed E-state index contributed by atoms with van der Waals surface area (Å²) in [7, 11) is 0. The van der Waals surface area contributed by atoms with E-state index in [1.54, 1.807) is 25.1 Å². The molecule has 2 aliphatic rings. The van der Waals surface area contributed by atoms with Crippen molar-refractivity contribution in [1.29, 1.82) is 0 Å². The van der Waals surface area contributed by atoms with E-state index in [9.17, 15) is 14.7 Å². The molecule has 0 saturated carbocycles. The van der Waals surface area contributed by atoms with Crippen molar-refractivity contribution in [3.63, 3.8) is 0 Å². The van der Waals surface area contributed by atoms with Crippen molar-refractivity contribution in [3.05, 3.63) is 23.8 Å². The number of amides is 4. The zero-order chi connectivity index (χ0) is 15.7. The van der Waals surface area contributed by atoms with Gasteiger partial charge in [-0.1, -0.05) is 6.07 Å². The Kier molecular flexibility index (Phi) is 3.53. The van der Waals surface area contributed by atoms with Crippen LogP contribution in [0.4, 0.5) is 9.59 Å². The fourth-order valence-corrected chi connectivity index (χ4v) is 2.34. The second-order valence-electron chi connectivity index (χ2n) is 5.38. The van der Waals surface area contributed by atoms with E-state index in [1.807, 2.05) is 0 Å². The monoisotopic (exact) mass is 307 g/mol. The summed E-state index contributed by atoms with van der Waals surface area (Å²) >= 11 is 0. The van der Waals surface area contributed by atoms with Gasteiger partial charge >= 0.3 is 12.1 Å². The first-order valence-electron chi connectivity index (χ1n) is 6.93. The summed E-state index contributed by atoms with van der Waals surface area (Å²) < 4.78 is 10.5. The number of hydrogen-bond acceptors (Lipinski definition) is 5. The number of carbonyl (C=O) groups excluding carboxylic acids is 2. The maximum absolute atomic E-state index is 11.9. The Morgan fingerprint density at radius 3 is 2.95 bits per heavy atom. The standard InChI is InChI=1S/C14H17N3O5/c1-14(20,7-16-13(19)17-5-4-15-12(17)18)9-2-3-10-11(6-9)22-8-21-10/h2-3,6,20H,4-5,7-8H2,1H3,(H,15,18)(H,16,19)/t14-/m0/s1. The first kappa shape index (κ1) is 14.5. The van der Waals surface area contributed by atoms with E-state index in [0.717, 1.165) is 4.90 Å². The van der Waals surface area contributed by atoms with Gasteiger partial charge < -0.3 is 25.2 Å². The van der Waals surface area contributed by atoms with Crippen molar-refractivity contribution in [2.45, 2.75) is 12.5 Å². The summed E-state index contributed by atoms with van der Waals surface area (Å²) in [5, 5.41) is 15.7. The number of nitrogens with zero attached hydrogens (tertiary/aromatic N) is 1. The Morgan fingerprint density at radius 1 is 1.45 bits per heavy atom. The van der Waals surface area contributed by atoms with Gasteiger partial charge in [-0.15, -0.1) is 0 Å². The average Bonchev–Trinajstić information content (AvgIpc) is 3.12. The number of fused-ring (bicyclic) bond motifs is 1. The summed E-state index contributed by atoms with van der Waals surface area (Å²) in [5.41, 5.74) is -0.713. The molecule has 0 aliphatic carbocycles. The number of ether oxygens (including phenoxy) is 2. The van der Waals surface area contributed by atoms with Crippen LogP contribution in [0, 0.1) is 0 Å². The number of imide groups is 1. The lowest BCUT2D eigenvalue weighted by atomic mass is 9.95. The number of hydrogen-bond donors (Lipinski definition) is 3. The Hall–Kier alpha value is -2.48. The minimum Gasteiger partial charge on any atom is -0.454 e. The van der Waals surface area contributed by atoms with Crippen molar-refractivity contribution >= 4 is 12.1 Å². The molecule has 118 valence electrons. The molecule has 1 aromatic carbocycles. The zero-order valence-electron chi connectivity index (χ0n) is 12.1. The third-order valence-electron chi connectivity index (χ3n) is 3.68. The van der Waals surface area contributed by atoms with Gasteiger partial charge in [0.15, 0.2) is 11.5 Å². The third-order valence-corrected chi connectivity index (χ3v) is 3.68. The molecule has 0 radical (unpaired) electrons. The van der Waals surface area contributed by atoms with E-state index >= 15 is 0 Å². The van der Waals surface area contributed by atoms with Crippen LogP contribution in [0.5, 0.6) is 11.5 Å². The predicted octanol–water partition coefficient (Wildman–Crippen LogP) is 0.358. The molecule has 0 aromatic heterocycles. The van der Waals surface area contributed by atoms with Gasteiger partial charge in [0.05, 0.1) is 6.54 Å². The van der Waals surface area contributed by atoms with Crippen LogP contribution in [0.2, 0.25) is 0 Å². The van der Waals surface area contributed by atoms with E-state index < -0.39 is 17.7 Å². The third kappa shape index (κ3) is 2.64. The zero-order valence-corrected chi connectivity index (χ0v) is 12.1. The van der Waals surface area contributed by atoms with Crippen LogP contribution in [0.3, 0.4) is 0 Å². The number of rotatable bonds is 3. The Bertz CT molecular complexity index is 616. The number of urea groups is 2.